The monoisotopic (exact) mass is 542 g/mol. The van der Waals surface area contributed by atoms with Gasteiger partial charge in [0.1, 0.15) is 5.82 Å². The molecule has 208 valence electrons. The first-order valence-electron chi connectivity index (χ1n) is 14.1. The molecule has 2 N–H and O–H groups in total. The normalized spacial score (nSPS) is 16.6. The zero-order chi connectivity index (χ0) is 28.1. The van der Waals surface area contributed by atoms with Crippen LogP contribution in [-0.4, -0.2) is 27.8 Å². The Morgan fingerprint density at radius 3 is 2.15 bits per heavy atom. The number of carbonyl (C=O) groups is 3. The second-order valence-corrected chi connectivity index (χ2v) is 11.2. The van der Waals surface area contributed by atoms with Gasteiger partial charge in [0.25, 0.3) is 5.91 Å². The van der Waals surface area contributed by atoms with Crippen LogP contribution in [0.4, 0.5) is 10.1 Å². The first kappa shape index (κ1) is 27.6. The predicted octanol–water partition coefficient (Wildman–Crippen LogP) is 6.52. The van der Waals surface area contributed by atoms with Gasteiger partial charge in [-0.25, -0.2) is 4.39 Å². The summed E-state index contributed by atoms with van der Waals surface area (Å²) in [5, 5.41) is 12.3. The first-order chi connectivity index (χ1) is 19.3. The number of hydrogen-bond acceptors (Lipinski definition) is 3. The molecule has 0 saturated heterocycles. The Bertz CT molecular complexity index is 1390. The molecular formula is C33H35FN2O4. The molecule has 3 aliphatic rings. The van der Waals surface area contributed by atoms with Crippen LogP contribution in [0.3, 0.4) is 0 Å². The number of hydrogen-bond donors (Lipinski definition) is 2. The van der Waals surface area contributed by atoms with Crippen molar-refractivity contribution in [2.24, 2.45) is 5.41 Å². The fraction of sp³-hybridized carbons (Fsp3) is 0.364. The lowest BCUT2D eigenvalue weighted by molar-refractivity contribution is -0.143. The van der Waals surface area contributed by atoms with E-state index in [1.807, 2.05) is 42.5 Å². The minimum absolute atomic E-state index is 0.171. The van der Waals surface area contributed by atoms with E-state index >= 15 is 0 Å². The second-order valence-electron chi connectivity index (χ2n) is 11.2. The number of benzene rings is 3. The van der Waals surface area contributed by atoms with Crippen molar-refractivity contribution in [1.29, 1.82) is 0 Å². The van der Waals surface area contributed by atoms with Gasteiger partial charge in [0.05, 0.1) is 18.4 Å². The third kappa shape index (κ3) is 6.58. The van der Waals surface area contributed by atoms with E-state index in [0.29, 0.717) is 42.6 Å². The Kier molecular flexibility index (Phi) is 8.29. The van der Waals surface area contributed by atoms with Gasteiger partial charge in [-0.1, -0.05) is 74.6 Å². The fourth-order valence-electron chi connectivity index (χ4n) is 5.50. The van der Waals surface area contributed by atoms with E-state index in [2.05, 4.69) is 5.32 Å². The van der Waals surface area contributed by atoms with Crippen LogP contribution in [0, 0.1) is 11.2 Å². The summed E-state index contributed by atoms with van der Waals surface area (Å²) in [5.74, 6) is -1.48. The van der Waals surface area contributed by atoms with Gasteiger partial charge in [-0.3, -0.25) is 14.4 Å². The van der Waals surface area contributed by atoms with Crippen LogP contribution >= 0.6 is 0 Å². The Balaban J connectivity index is 0.000000582. The Hall–Kier alpha value is -4.00. The van der Waals surface area contributed by atoms with Crippen LogP contribution in [0.5, 0.6) is 0 Å². The van der Waals surface area contributed by atoms with Gasteiger partial charge in [0.2, 0.25) is 5.91 Å². The lowest BCUT2D eigenvalue weighted by atomic mass is 9.96. The maximum Gasteiger partial charge on any atom is 0.309 e. The van der Waals surface area contributed by atoms with Gasteiger partial charge in [0, 0.05) is 23.4 Å². The number of aliphatic carboxylic acids is 1. The molecule has 0 atom stereocenters. The molecule has 0 unspecified atom stereocenters. The van der Waals surface area contributed by atoms with Crippen molar-refractivity contribution in [2.75, 3.05) is 5.32 Å². The molecule has 2 amide bonds. The summed E-state index contributed by atoms with van der Waals surface area (Å²) in [6, 6.07) is 19.3. The van der Waals surface area contributed by atoms with Crippen LogP contribution in [0.1, 0.15) is 77.6 Å². The number of anilines is 1. The fourth-order valence-corrected chi connectivity index (χ4v) is 5.50. The zero-order valence-corrected chi connectivity index (χ0v) is 22.6. The maximum atomic E-state index is 14.0. The van der Waals surface area contributed by atoms with E-state index in [1.165, 1.54) is 38.2 Å². The molecule has 7 heteroatoms. The molecule has 2 saturated carbocycles. The molecule has 2 fully saturated rings. The van der Waals surface area contributed by atoms with E-state index < -0.39 is 11.4 Å². The summed E-state index contributed by atoms with van der Waals surface area (Å²) < 4.78 is 14.0. The number of halogens is 1. The quantitative estimate of drug-likeness (QED) is 0.339. The lowest BCUT2D eigenvalue weighted by Crippen LogP contribution is -2.23. The molecule has 6 rings (SSSR count). The molecule has 6 nitrogen and oxygen atoms in total. The third-order valence-electron chi connectivity index (χ3n) is 8.06. The average Bonchev–Trinajstić information content (AvgIpc) is 3.31. The van der Waals surface area contributed by atoms with Gasteiger partial charge >= 0.3 is 5.97 Å². The topological polar surface area (TPSA) is 86.7 Å². The van der Waals surface area contributed by atoms with E-state index in [-0.39, 0.29) is 30.6 Å². The third-order valence-corrected chi connectivity index (χ3v) is 8.06. The van der Waals surface area contributed by atoms with Crippen molar-refractivity contribution in [2.45, 2.75) is 70.9 Å². The average molecular weight is 543 g/mol. The smallest absolute Gasteiger partial charge is 0.309 e. The molecule has 0 bridgehead atoms. The molecule has 1 heterocycles. The number of amides is 2. The predicted molar refractivity (Wildman–Crippen MR) is 151 cm³/mol. The van der Waals surface area contributed by atoms with E-state index in [9.17, 15) is 23.9 Å². The largest absolute Gasteiger partial charge is 0.481 e. The summed E-state index contributed by atoms with van der Waals surface area (Å²) >= 11 is 0. The molecule has 40 heavy (non-hydrogen) atoms. The van der Waals surface area contributed by atoms with Crippen molar-refractivity contribution >= 4 is 23.5 Å². The summed E-state index contributed by atoms with van der Waals surface area (Å²) in [4.78, 5) is 38.2. The summed E-state index contributed by atoms with van der Waals surface area (Å²) in [6.07, 6.45) is 9.52. The van der Waals surface area contributed by atoms with Crippen LogP contribution in [-0.2, 0) is 35.5 Å². The highest BCUT2D eigenvalue weighted by Crippen LogP contribution is 2.48. The molecule has 0 aromatic heterocycles. The van der Waals surface area contributed by atoms with E-state index in [0.717, 1.165) is 16.7 Å². The van der Waals surface area contributed by atoms with Crippen molar-refractivity contribution < 1.29 is 23.9 Å². The number of fused-ring (bicyclic) bond motifs is 1. The number of carboxylic acids is 1. The van der Waals surface area contributed by atoms with Crippen LogP contribution < -0.4 is 5.32 Å². The van der Waals surface area contributed by atoms with Gasteiger partial charge in [0.15, 0.2) is 0 Å². The number of carboxylic acid groups (broad SMARTS) is 1. The maximum absolute atomic E-state index is 14.0. The highest BCUT2D eigenvalue weighted by molar-refractivity contribution is 5.98. The highest BCUT2D eigenvalue weighted by atomic mass is 19.1. The molecule has 3 aromatic rings. The van der Waals surface area contributed by atoms with Gasteiger partial charge in [-0.2, -0.15) is 0 Å². The van der Waals surface area contributed by atoms with E-state index in [1.54, 1.807) is 23.1 Å². The summed E-state index contributed by atoms with van der Waals surface area (Å²) in [6.45, 7) is 0.613. The van der Waals surface area contributed by atoms with Crippen molar-refractivity contribution in [3.63, 3.8) is 0 Å². The molecule has 0 spiro atoms. The van der Waals surface area contributed by atoms with Crippen molar-refractivity contribution in [3.05, 3.63) is 100 Å². The highest BCUT2D eigenvalue weighted by Gasteiger charge is 2.49. The molecule has 0 radical (unpaired) electrons. The number of carbonyl (C=O) groups excluding carboxylic acids is 2. The van der Waals surface area contributed by atoms with E-state index in [4.69, 9.17) is 0 Å². The van der Waals surface area contributed by atoms with Crippen LogP contribution in [0.25, 0.3) is 0 Å². The minimum atomic E-state index is -0.763. The van der Waals surface area contributed by atoms with Crippen LogP contribution in [0.2, 0.25) is 0 Å². The Labute approximate surface area is 234 Å². The zero-order valence-electron chi connectivity index (χ0n) is 22.6. The Morgan fingerprint density at radius 1 is 0.875 bits per heavy atom. The lowest BCUT2D eigenvalue weighted by Gasteiger charge is -2.16. The summed E-state index contributed by atoms with van der Waals surface area (Å²) in [5.41, 5.74) is 3.46. The molecule has 1 aliphatic heterocycles. The van der Waals surface area contributed by atoms with Crippen molar-refractivity contribution in [3.8, 4) is 0 Å². The van der Waals surface area contributed by atoms with Crippen LogP contribution in [0.15, 0.2) is 66.7 Å². The summed E-state index contributed by atoms with van der Waals surface area (Å²) in [7, 11) is 0. The van der Waals surface area contributed by atoms with Gasteiger partial charge in [-0.15, -0.1) is 0 Å². The Morgan fingerprint density at radius 2 is 1.52 bits per heavy atom. The van der Waals surface area contributed by atoms with Gasteiger partial charge in [-0.05, 0) is 60.2 Å². The molecular weight excluding hydrogens is 507 g/mol. The first-order valence-corrected chi connectivity index (χ1v) is 14.1. The number of rotatable bonds is 8. The molecule has 3 aromatic carbocycles. The van der Waals surface area contributed by atoms with Gasteiger partial charge < -0.3 is 15.3 Å². The second kappa shape index (κ2) is 12.0. The standard InChI is InChI=1S/C28H25FN2O4.C5H10/c29-24-6-2-5-22-23(24)17-31(26(22)33)16-19-9-7-18(8-10-19)14-25(32)30-21-4-1-3-20(13-21)15-28(11-12-28)27(34)35;1-2-4-5-3-1/h1-10,13H,11-12,14-17H2,(H,30,32)(H,34,35);1-5H2. The van der Waals surface area contributed by atoms with Crippen molar-refractivity contribution in [1.82, 2.24) is 4.90 Å². The number of nitrogens with zero attached hydrogens (tertiary/aromatic N) is 1. The molecule has 2 aliphatic carbocycles. The number of nitrogens with one attached hydrogen (secondary N) is 1. The SMILES string of the molecule is C1CCCC1.O=C(Cc1ccc(CN2Cc3c(F)cccc3C2=O)cc1)Nc1cccc(CC2(C(=O)O)CC2)c1. The minimum Gasteiger partial charge on any atom is -0.481 e.